The number of aliphatic hydroxyl groups is 1. The minimum Gasteiger partial charge on any atom is -0.478 e. The predicted octanol–water partition coefficient (Wildman–Crippen LogP) is 1.45. The first-order valence-corrected chi connectivity index (χ1v) is 5.66. The number of anilines is 1. The van der Waals surface area contributed by atoms with Gasteiger partial charge in [-0.05, 0) is 26.2 Å². The fraction of sp³-hybridized carbons (Fsp3) is 0.636. The van der Waals surface area contributed by atoms with Crippen LogP contribution in [-0.4, -0.2) is 34.8 Å². The lowest BCUT2D eigenvalue weighted by atomic mass is 10.2. The van der Waals surface area contributed by atoms with Crippen molar-refractivity contribution in [3.8, 4) is 5.88 Å². The molecule has 2 N–H and O–H groups in total. The highest BCUT2D eigenvalue weighted by Crippen LogP contribution is 2.10. The van der Waals surface area contributed by atoms with Gasteiger partial charge < -0.3 is 15.2 Å². The Morgan fingerprint density at radius 2 is 2.19 bits per heavy atom. The highest BCUT2D eigenvalue weighted by atomic mass is 16.5. The first-order valence-electron chi connectivity index (χ1n) is 5.66. The van der Waals surface area contributed by atoms with E-state index in [0.717, 1.165) is 31.6 Å². The molecule has 0 saturated heterocycles. The van der Waals surface area contributed by atoms with Crippen molar-refractivity contribution in [1.82, 2.24) is 9.97 Å². The monoisotopic (exact) mass is 225 g/mol. The van der Waals surface area contributed by atoms with Crippen molar-refractivity contribution >= 4 is 5.82 Å². The molecule has 0 radical (unpaired) electrons. The molecule has 5 nitrogen and oxygen atoms in total. The smallest absolute Gasteiger partial charge is 0.218 e. The van der Waals surface area contributed by atoms with E-state index in [9.17, 15) is 0 Å². The summed E-state index contributed by atoms with van der Waals surface area (Å²) in [5.74, 6) is 1.37. The zero-order valence-electron chi connectivity index (χ0n) is 9.65. The summed E-state index contributed by atoms with van der Waals surface area (Å²) in [5, 5.41) is 11.8. The molecule has 1 aromatic rings. The largest absolute Gasteiger partial charge is 0.478 e. The van der Waals surface area contributed by atoms with Gasteiger partial charge in [-0.15, -0.1) is 0 Å². The number of aromatic nitrogens is 2. The standard InChI is InChI=1S/C11H19N3O2/c1-2-16-11-8-10(13-9-14-11)12-6-4-3-5-7-15/h8-9,15H,2-7H2,1H3,(H,12,13,14). The van der Waals surface area contributed by atoms with E-state index in [1.807, 2.05) is 6.92 Å². The summed E-state index contributed by atoms with van der Waals surface area (Å²) in [6.07, 6.45) is 4.39. The molecule has 16 heavy (non-hydrogen) atoms. The SMILES string of the molecule is CCOc1cc(NCCCCCO)ncn1. The van der Waals surface area contributed by atoms with Gasteiger partial charge in [0, 0.05) is 19.2 Å². The Bertz CT molecular complexity index is 294. The number of unbranched alkanes of at least 4 members (excludes halogenated alkanes) is 2. The lowest BCUT2D eigenvalue weighted by Gasteiger charge is -2.06. The van der Waals surface area contributed by atoms with Crippen molar-refractivity contribution in [1.29, 1.82) is 0 Å². The zero-order chi connectivity index (χ0) is 11.6. The summed E-state index contributed by atoms with van der Waals surface area (Å²) in [5.41, 5.74) is 0. The molecule has 0 aromatic carbocycles. The van der Waals surface area contributed by atoms with Crippen LogP contribution in [0.1, 0.15) is 26.2 Å². The second-order valence-corrected chi connectivity index (χ2v) is 3.39. The summed E-state index contributed by atoms with van der Waals surface area (Å²) in [6, 6.07) is 1.79. The number of ether oxygens (including phenoxy) is 1. The number of hydrogen-bond acceptors (Lipinski definition) is 5. The van der Waals surface area contributed by atoms with Crippen LogP contribution in [0.25, 0.3) is 0 Å². The van der Waals surface area contributed by atoms with E-state index in [1.54, 1.807) is 6.07 Å². The van der Waals surface area contributed by atoms with E-state index >= 15 is 0 Å². The number of rotatable bonds is 8. The molecule has 0 spiro atoms. The Kier molecular flexibility index (Phi) is 6.25. The fourth-order valence-electron chi connectivity index (χ4n) is 1.29. The van der Waals surface area contributed by atoms with E-state index in [2.05, 4.69) is 15.3 Å². The maximum atomic E-state index is 8.62. The van der Waals surface area contributed by atoms with Crippen LogP contribution in [-0.2, 0) is 0 Å². The summed E-state index contributed by atoms with van der Waals surface area (Å²) in [7, 11) is 0. The molecule has 1 rings (SSSR count). The minimum atomic E-state index is 0.266. The number of aliphatic hydroxyl groups excluding tert-OH is 1. The zero-order valence-corrected chi connectivity index (χ0v) is 9.65. The molecule has 0 aliphatic carbocycles. The van der Waals surface area contributed by atoms with Crippen LogP contribution in [0.4, 0.5) is 5.82 Å². The summed E-state index contributed by atoms with van der Waals surface area (Å²) >= 11 is 0. The van der Waals surface area contributed by atoms with E-state index in [-0.39, 0.29) is 6.61 Å². The Morgan fingerprint density at radius 3 is 2.94 bits per heavy atom. The lowest BCUT2D eigenvalue weighted by Crippen LogP contribution is -2.04. The number of nitrogens with zero attached hydrogens (tertiary/aromatic N) is 2. The molecular weight excluding hydrogens is 206 g/mol. The Balaban J connectivity index is 2.27. The molecule has 0 aliphatic rings. The van der Waals surface area contributed by atoms with Gasteiger partial charge in [-0.25, -0.2) is 9.97 Å². The third kappa shape index (κ3) is 4.93. The van der Waals surface area contributed by atoms with Crippen molar-refractivity contribution in [2.24, 2.45) is 0 Å². The quantitative estimate of drug-likeness (QED) is 0.655. The average Bonchev–Trinajstić information content (AvgIpc) is 2.30. The van der Waals surface area contributed by atoms with Gasteiger partial charge in [0.1, 0.15) is 12.1 Å². The van der Waals surface area contributed by atoms with E-state index in [0.29, 0.717) is 12.5 Å². The molecule has 1 aromatic heterocycles. The molecule has 0 fully saturated rings. The second-order valence-electron chi connectivity index (χ2n) is 3.39. The maximum Gasteiger partial charge on any atom is 0.218 e. The molecule has 0 unspecified atom stereocenters. The molecule has 0 saturated carbocycles. The summed E-state index contributed by atoms with van der Waals surface area (Å²) < 4.78 is 5.27. The molecule has 0 amide bonds. The molecule has 0 aliphatic heterocycles. The fourth-order valence-corrected chi connectivity index (χ4v) is 1.29. The molecule has 0 atom stereocenters. The van der Waals surface area contributed by atoms with Crippen molar-refractivity contribution in [2.45, 2.75) is 26.2 Å². The second kappa shape index (κ2) is 7.87. The van der Waals surface area contributed by atoms with E-state index in [4.69, 9.17) is 9.84 Å². The van der Waals surface area contributed by atoms with Crippen molar-refractivity contribution in [3.63, 3.8) is 0 Å². The maximum absolute atomic E-state index is 8.62. The van der Waals surface area contributed by atoms with Crippen LogP contribution in [0.5, 0.6) is 5.88 Å². The summed E-state index contributed by atoms with van der Waals surface area (Å²) in [6.45, 7) is 3.64. The van der Waals surface area contributed by atoms with Gasteiger partial charge in [0.2, 0.25) is 5.88 Å². The molecular formula is C11H19N3O2. The van der Waals surface area contributed by atoms with Crippen LogP contribution in [0.2, 0.25) is 0 Å². The first-order chi connectivity index (χ1) is 7.86. The summed E-state index contributed by atoms with van der Waals surface area (Å²) in [4.78, 5) is 8.07. The van der Waals surface area contributed by atoms with Gasteiger partial charge in [0.25, 0.3) is 0 Å². The topological polar surface area (TPSA) is 67.3 Å². The van der Waals surface area contributed by atoms with Crippen molar-refractivity contribution in [3.05, 3.63) is 12.4 Å². The van der Waals surface area contributed by atoms with Crippen LogP contribution < -0.4 is 10.1 Å². The van der Waals surface area contributed by atoms with Crippen LogP contribution >= 0.6 is 0 Å². The van der Waals surface area contributed by atoms with Crippen LogP contribution in [0.3, 0.4) is 0 Å². The molecule has 0 bridgehead atoms. The van der Waals surface area contributed by atoms with Crippen LogP contribution in [0.15, 0.2) is 12.4 Å². The molecule has 5 heteroatoms. The first kappa shape index (κ1) is 12.7. The Labute approximate surface area is 95.9 Å². The third-order valence-corrected chi connectivity index (χ3v) is 2.08. The Morgan fingerprint density at radius 1 is 1.31 bits per heavy atom. The highest BCUT2D eigenvalue weighted by Gasteiger charge is 1.98. The van der Waals surface area contributed by atoms with Gasteiger partial charge in [0.05, 0.1) is 6.61 Å². The Hall–Kier alpha value is -1.36. The number of hydrogen-bond donors (Lipinski definition) is 2. The van der Waals surface area contributed by atoms with Gasteiger partial charge in [-0.2, -0.15) is 0 Å². The van der Waals surface area contributed by atoms with E-state index in [1.165, 1.54) is 6.33 Å². The van der Waals surface area contributed by atoms with Crippen molar-refractivity contribution in [2.75, 3.05) is 25.1 Å². The molecule has 90 valence electrons. The molecule has 1 heterocycles. The van der Waals surface area contributed by atoms with Gasteiger partial charge in [-0.1, -0.05) is 0 Å². The van der Waals surface area contributed by atoms with Gasteiger partial charge in [0.15, 0.2) is 0 Å². The normalized spacial score (nSPS) is 10.1. The minimum absolute atomic E-state index is 0.266. The van der Waals surface area contributed by atoms with Gasteiger partial charge >= 0.3 is 0 Å². The number of nitrogens with one attached hydrogen (secondary N) is 1. The lowest BCUT2D eigenvalue weighted by molar-refractivity contribution is 0.283. The van der Waals surface area contributed by atoms with Crippen molar-refractivity contribution < 1.29 is 9.84 Å². The van der Waals surface area contributed by atoms with Crippen LogP contribution in [0, 0.1) is 0 Å². The predicted molar refractivity (Wildman–Crippen MR) is 62.6 cm³/mol. The van der Waals surface area contributed by atoms with Gasteiger partial charge in [-0.3, -0.25) is 0 Å². The average molecular weight is 225 g/mol. The third-order valence-electron chi connectivity index (χ3n) is 2.08. The van der Waals surface area contributed by atoms with E-state index < -0.39 is 0 Å². The highest BCUT2D eigenvalue weighted by molar-refractivity contribution is 5.36.